The first-order valence-corrected chi connectivity index (χ1v) is 6.69. The Bertz CT molecular complexity index is 819. The second kappa shape index (κ2) is 5.13. The maximum Gasteiger partial charge on any atom is 0.152 e. The van der Waals surface area contributed by atoms with E-state index in [1.165, 1.54) is 11.6 Å². The fraction of sp³-hybridized carbons (Fsp3) is 0.118. The van der Waals surface area contributed by atoms with Gasteiger partial charge in [-0.3, -0.25) is 4.79 Å². The van der Waals surface area contributed by atoms with Crippen molar-refractivity contribution in [2.24, 2.45) is 0 Å². The lowest BCUT2D eigenvalue weighted by molar-refractivity contribution is 0.112. The predicted molar refractivity (Wildman–Crippen MR) is 78.4 cm³/mol. The number of carbonyl (C=O) groups excluding carboxylic acids is 1. The van der Waals surface area contributed by atoms with E-state index in [0.717, 1.165) is 18.1 Å². The Hall–Kier alpha value is -2.49. The molecule has 0 radical (unpaired) electrons. The minimum absolute atomic E-state index is 0.146. The van der Waals surface area contributed by atoms with Crippen molar-refractivity contribution in [3.63, 3.8) is 0 Å². The average molecular weight is 285 g/mol. The summed E-state index contributed by atoms with van der Waals surface area (Å²) in [5, 5.41) is 0.261. The van der Waals surface area contributed by atoms with Gasteiger partial charge in [-0.2, -0.15) is 0 Å². The number of hydrogen-bond donors (Lipinski definition) is 1. The van der Waals surface area contributed by atoms with Crippen LogP contribution in [0.4, 0.5) is 8.78 Å². The number of aldehydes is 1. The topological polar surface area (TPSA) is 32.9 Å². The van der Waals surface area contributed by atoms with Gasteiger partial charge in [0.1, 0.15) is 11.6 Å². The summed E-state index contributed by atoms with van der Waals surface area (Å²) in [7, 11) is 0. The van der Waals surface area contributed by atoms with Crippen LogP contribution in [0.2, 0.25) is 0 Å². The summed E-state index contributed by atoms with van der Waals surface area (Å²) in [5.41, 5.74) is 2.86. The minimum atomic E-state index is -0.704. The largest absolute Gasteiger partial charge is 0.352 e. The molecule has 2 nitrogen and oxygen atoms in total. The van der Waals surface area contributed by atoms with Crippen molar-refractivity contribution >= 4 is 17.2 Å². The number of aromatic nitrogens is 1. The molecule has 0 unspecified atom stereocenters. The molecule has 0 spiro atoms. The maximum atomic E-state index is 13.8. The summed E-state index contributed by atoms with van der Waals surface area (Å²) in [5.74, 6) is -1.40. The molecule has 2 aromatic carbocycles. The average Bonchev–Trinajstić information content (AvgIpc) is 2.86. The lowest BCUT2D eigenvalue weighted by atomic mass is 10.0. The Labute approximate surface area is 120 Å². The molecule has 4 heteroatoms. The van der Waals surface area contributed by atoms with Crippen LogP contribution in [0.15, 0.2) is 36.4 Å². The van der Waals surface area contributed by atoms with Crippen LogP contribution in [-0.4, -0.2) is 11.3 Å². The normalized spacial score (nSPS) is 11.0. The molecule has 3 rings (SSSR count). The molecule has 0 saturated heterocycles. The van der Waals surface area contributed by atoms with Gasteiger partial charge in [0.05, 0.1) is 11.2 Å². The van der Waals surface area contributed by atoms with Crippen molar-refractivity contribution in [1.82, 2.24) is 4.98 Å². The number of H-pyrrole nitrogens is 1. The molecule has 106 valence electrons. The molecule has 0 bridgehead atoms. The Morgan fingerprint density at radius 2 is 1.86 bits per heavy atom. The third-order valence-electron chi connectivity index (χ3n) is 3.63. The zero-order valence-corrected chi connectivity index (χ0v) is 11.4. The number of halogens is 2. The summed E-state index contributed by atoms with van der Waals surface area (Å²) < 4.78 is 27.2. The van der Waals surface area contributed by atoms with E-state index in [2.05, 4.69) is 4.98 Å². The second-order valence-electron chi connectivity index (χ2n) is 4.89. The van der Waals surface area contributed by atoms with E-state index in [1.54, 1.807) is 0 Å². The highest BCUT2D eigenvalue weighted by Crippen LogP contribution is 2.31. The third kappa shape index (κ3) is 2.23. The molecular weight excluding hydrogens is 272 g/mol. The fourth-order valence-electron chi connectivity index (χ4n) is 2.50. The monoisotopic (exact) mass is 285 g/mol. The molecular formula is C17H13F2NO. The van der Waals surface area contributed by atoms with Crippen molar-refractivity contribution in [2.75, 3.05) is 0 Å². The first kappa shape index (κ1) is 13.5. The van der Waals surface area contributed by atoms with Crippen LogP contribution in [-0.2, 0) is 6.42 Å². The van der Waals surface area contributed by atoms with Crippen molar-refractivity contribution in [1.29, 1.82) is 0 Å². The molecule has 21 heavy (non-hydrogen) atoms. The predicted octanol–water partition coefficient (Wildman–Crippen LogP) is 4.49. The van der Waals surface area contributed by atoms with Crippen LogP contribution < -0.4 is 0 Å². The molecule has 0 fully saturated rings. The van der Waals surface area contributed by atoms with Gasteiger partial charge >= 0.3 is 0 Å². The Kier molecular flexibility index (Phi) is 3.29. The van der Waals surface area contributed by atoms with Gasteiger partial charge in [-0.05, 0) is 23.6 Å². The van der Waals surface area contributed by atoms with Gasteiger partial charge in [0.2, 0.25) is 0 Å². The van der Waals surface area contributed by atoms with E-state index in [0.29, 0.717) is 12.0 Å². The van der Waals surface area contributed by atoms with E-state index in [9.17, 15) is 13.6 Å². The summed E-state index contributed by atoms with van der Waals surface area (Å²) >= 11 is 0. The van der Waals surface area contributed by atoms with E-state index < -0.39 is 11.6 Å². The summed E-state index contributed by atoms with van der Waals surface area (Å²) in [6.45, 7) is 2.05. The molecule has 0 aliphatic carbocycles. The second-order valence-corrected chi connectivity index (χ2v) is 4.89. The van der Waals surface area contributed by atoms with Crippen LogP contribution in [0.1, 0.15) is 22.8 Å². The molecule has 0 aliphatic heterocycles. The van der Waals surface area contributed by atoms with Crippen LogP contribution >= 0.6 is 0 Å². The molecule has 1 N–H and O–H groups in total. The van der Waals surface area contributed by atoms with E-state index in [4.69, 9.17) is 0 Å². The van der Waals surface area contributed by atoms with E-state index in [1.807, 2.05) is 31.2 Å². The number of carbonyl (C=O) groups is 1. The van der Waals surface area contributed by atoms with Crippen molar-refractivity contribution in [2.45, 2.75) is 13.3 Å². The van der Waals surface area contributed by atoms with Crippen molar-refractivity contribution < 1.29 is 13.6 Å². The highest BCUT2D eigenvalue weighted by Gasteiger charge is 2.16. The SMILES string of the molecule is CCc1ccc(-c2[nH]c3c(F)cc(F)cc3c2C=O)cc1. The number of benzene rings is 2. The van der Waals surface area contributed by atoms with Crippen molar-refractivity contribution in [3.05, 3.63) is 59.2 Å². The van der Waals surface area contributed by atoms with Crippen LogP contribution in [0, 0.1) is 11.6 Å². The first-order valence-electron chi connectivity index (χ1n) is 6.69. The quantitative estimate of drug-likeness (QED) is 0.707. The molecule has 0 atom stereocenters. The van der Waals surface area contributed by atoms with Crippen LogP contribution in [0.25, 0.3) is 22.2 Å². The van der Waals surface area contributed by atoms with Gasteiger partial charge in [-0.1, -0.05) is 31.2 Å². The zero-order chi connectivity index (χ0) is 15.0. The number of hydrogen-bond acceptors (Lipinski definition) is 1. The number of aryl methyl sites for hydroxylation is 1. The standard InChI is InChI=1S/C17H13F2NO/c1-2-10-3-5-11(6-4-10)16-14(9-21)13-7-12(18)8-15(19)17(13)20-16/h3-9,20H,2H2,1H3. The Balaban J connectivity index is 2.26. The maximum absolute atomic E-state index is 13.8. The fourth-order valence-corrected chi connectivity index (χ4v) is 2.50. The van der Waals surface area contributed by atoms with Gasteiger partial charge in [-0.15, -0.1) is 0 Å². The van der Waals surface area contributed by atoms with Gasteiger partial charge in [0.15, 0.2) is 6.29 Å². The highest BCUT2D eigenvalue weighted by molar-refractivity contribution is 6.04. The number of nitrogens with one attached hydrogen (secondary N) is 1. The Morgan fingerprint density at radius 3 is 2.48 bits per heavy atom. The number of rotatable bonds is 3. The molecule has 0 amide bonds. The van der Waals surface area contributed by atoms with Crippen molar-refractivity contribution in [3.8, 4) is 11.3 Å². The van der Waals surface area contributed by atoms with Crippen LogP contribution in [0.3, 0.4) is 0 Å². The summed E-state index contributed by atoms with van der Waals surface area (Å²) in [6.07, 6.45) is 1.54. The molecule has 0 aliphatic rings. The van der Waals surface area contributed by atoms with Gasteiger partial charge in [-0.25, -0.2) is 8.78 Å². The van der Waals surface area contributed by atoms with Gasteiger partial charge in [0.25, 0.3) is 0 Å². The molecule has 1 aromatic heterocycles. The summed E-state index contributed by atoms with van der Waals surface area (Å²) in [4.78, 5) is 14.2. The van der Waals surface area contributed by atoms with Gasteiger partial charge < -0.3 is 4.98 Å². The lowest BCUT2D eigenvalue weighted by Gasteiger charge is -2.01. The Morgan fingerprint density at radius 1 is 1.14 bits per heavy atom. The lowest BCUT2D eigenvalue weighted by Crippen LogP contribution is -1.86. The number of fused-ring (bicyclic) bond motifs is 1. The molecule has 3 aromatic rings. The van der Waals surface area contributed by atoms with E-state index in [-0.39, 0.29) is 16.5 Å². The zero-order valence-electron chi connectivity index (χ0n) is 11.4. The smallest absolute Gasteiger partial charge is 0.152 e. The van der Waals surface area contributed by atoms with E-state index >= 15 is 0 Å². The van der Waals surface area contributed by atoms with Crippen LogP contribution in [0.5, 0.6) is 0 Å². The highest BCUT2D eigenvalue weighted by atomic mass is 19.1. The first-order chi connectivity index (χ1) is 10.1. The summed E-state index contributed by atoms with van der Waals surface area (Å²) in [6, 6.07) is 9.61. The molecule has 0 saturated carbocycles. The minimum Gasteiger partial charge on any atom is -0.352 e. The third-order valence-corrected chi connectivity index (χ3v) is 3.63. The number of aromatic amines is 1. The molecule has 1 heterocycles. The van der Waals surface area contributed by atoms with Gasteiger partial charge in [0, 0.05) is 17.0 Å².